The number of nitrogens with one attached hydrogen (secondary N) is 1. The van der Waals surface area contributed by atoms with E-state index in [4.69, 9.17) is 11.6 Å². The van der Waals surface area contributed by atoms with Crippen LogP contribution in [0.1, 0.15) is 45.6 Å². The van der Waals surface area contributed by atoms with E-state index in [9.17, 15) is 9.90 Å². The molecule has 5 rings (SSSR count). The van der Waals surface area contributed by atoms with Gasteiger partial charge in [0.1, 0.15) is 11.0 Å². The standard InChI is InChI=1S/C19H24ClN3O2/c1-10(2)23-8-7-13-14(23)9-15(20)21-18(13)22-17-12-5-3-11(4-6-12)16(17)19(24)25/h7-12,16-17H,3-6H2,1-2H3,(H,21,22)(H,24,25). The summed E-state index contributed by atoms with van der Waals surface area (Å²) in [5.74, 6) is 0.357. The van der Waals surface area contributed by atoms with Crippen molar-refractivity contribution < 1.29 is 9.90 Å². The molecule has 0 amide bonds. The summed E-state index contributed by atoms with van der Waals surface area (Å²) >= 11 is 6.27. The molecule has 2 aromatic rings. The Morgan fingerprint density at radius 2 is 2.00 bits per heavy atom. The molecule has 2 aromatic heterocycles. The molecule has 2 bridgehead atoms. The summed E-state index contributed by atoms with van der Waals surface area (Å²) in [4.78, 5) is 16.4. The maximum absolute atomic E-state index is 11.9. The fraction of sp³-hybridized carbons (Fsp3) is 0.579. The number of anilines is 1. The number of nitrogens with zero attached hydrogens (tertiary/aromatic N) is 2. The zero-order valence-corrected chi connectivity index (χ0v) is 15.3. The fourth-order valence-corrected chi connectivity index (χ4v) is 5.04. The van der Waals surface area contributed by atoms with Gasteiger partial charge in [0.25, 0.3) is 0 Å². The van der Waals surface area contributed by atoms with Gasteiger partial charge in [0, 0.05) is 23.7 Å². The van der Waals surface area contributed by atoms with Gasteiger partial charge in [0.2, 0.25) is 0 Å². The van der Waals surface area contributed by atoms with Gasteiger partial charge in [0.15, 0.2) is 0 Å². The Balaban J connectivity index is 1.74. The van der Waals surface area contributed by atoms with Crippen LogP contribution in [-0.2, 0) is 4.79 Å². The number of carbonyl (C=O) groups is 1. The average molecular weight is 362 g/mol. The van der Waals surface area contributed by atoms with Crippen molar-refractivity contribution in [1.29, 1.82) is 0 Å². The second-order valence-electron chi connectivity index (χ2n) is 7.75. The first kappa shape index (κ1) is 16.7. The summed E-state index contributed by atoms with van der Waals surface area (Å²) in [6.45, 7) is 4.25. The Morgan fingerprint density at radius 1 is 1.32 bits per heavy atom. The maximum atomic E-state index is 11.9. The molecule has 3 fully saturated rings. The van der Waals surface area contributed by atoms with Crippen LogP contribution in [0.4, 0.5) is 5.82 Å². The molecule has 0 aliphatic heterocycles. The molecule has 2 N–H and O–H groups in total. The Labute approximate surface area is 152 Å². The van der Waals surface area contributed by atoms with Crippen LogP contribution >= 0.6 is 11.6 Å². The molecular weight excluding hydrogens is 338 g/mol. The lowest BCUT2D eigenvalue weighted by atomic mass is 9.61. The van der Waals surface area contributed by atoms with E-state index in [1.54, 1.807) is 0 Å². The molecular formula is C19H24ClN3O2. The summed E-state index contributed by atoms with van der Waals surface area (Å²) in [6.07, 6.45) is 6.30. The first-order valence-corrected chi connectivity index (χ1v) is 9.50. The Morgan fingerprint density at radius 3 is 2.64 bits per heavy atom. The van der Waals surface area contributed by atoms with E-state index in [0.717, 1.165) is 36.6 Å². The van der Waals surface area contributed by atoms with Crippen LogP contribution < -0.4 is 5.32 Å². The van der Waals surface area contributed by atoms with Crippen molar-refractivity contribution in [3.05, 3.63) is 23.5 Å². The third kappa shape index (κ3) is 2.78. The highest BCUT2D eigenvalue weighted by Crippen LogP contribution is 2.46. The van der Waals surface area contributed by atoms with Gasteiger partial charge in [-0.25, -0.2) is 4.98 Å². The number of hydrogen-bond donors (Lipinski definition) is 2. The van der Waals surface area contributed by atoms with Gasteiger partial charge in [-0.1, -0.05) is 11.6 Å². The number of aliphatic carboxylic acids is 1. The molecule has 3 aliphatic carbocycles. The molecule has 3 saturated carbocycles. The second-order valence-corrected chi connectivity index (χ2v) is 8.14. The van der Waals surface area contributed by atoms with Crippen molar-refractivity contribution in [1.82, 2.24) is 9.55 Å². The molecule has 0 radical (unpaired) electrons. The first-order chi connectivity index (χ1) is 12.0. The van der Waals surface area contributed by atoms with Crippen molar-refractivity contribution in [2.45, 2.75) is 51.6 Å². The van der Waals surface area contributed by atoms with Crippen molar-refractivity contribution in [2.24, 2.45) is 17.8 Å². The van der Waals surface area contributed by atoms with E-state index >= 15 is 0 Å². The van der Waals surface area contributed by atoms with Gasteiger partial charge in [-0.2, -0.15) is 0 Å². The van der Waals surface area contributed by atoms with Crippen LogP contribution in [-0.4, -0.2) is 26.7 Å². The molecule has 2 atom stereocenters. The molecule has 25 heavy (non-hydrogen) atoms. The topological polar surface area (TPSA) is 67.2 Å². The number of hydrogen-bond acceptors (Lipinski definition) is 3. The van der Waals surface area contributed by atoms with Crippen LogP contribution in [0.5, 0.6) is 0 Å². The van der Waals surface area contributed by atoms with Crippen LogP contribution in [0, 0.1) is 17.8 Å². The zero-order chi connectivity index (χ0) is 17.7. The molecule has 2 heterocycles. The summed E-state index contributed by atoms with van der Waals surface area (Å²) < 4.78 is 2.16. The lowest BCUT2D eigenvalue weighted by Gasteiger charge is -2.47. The highest BCUT2D eigenvalue weighted by atomic mass is 35.5. The Hall–Kier alpha value is -1.75. The van der Waals surface area contributed by atoms with E-state index in [1.807, 2.05) is 18.3 Å². The summed E-state index contributed by atoms with van der Waals surface area (Å²) in [7, 11) is 0. The van der Waals surface area contributed by atoms with E-state index in [0.29, 0.717) is 22.9 Å². The van der Waals surface area contributed by atoms with Gasteiger partial charge in [-0.3, -0.25) is 4.79 Å². The average Bonchev–Trinajstić information content (AvgIpc) is 2.99. The summed E-state index contributed by atoms with van der Waals surface area (Å²) in [5, 5.41) is 14.7. The molecule has 2 unspecified atom stereocenters. The smallest absolute Gasteiger partial charge is 0.308 e. The molecule has 5 nitrogen and oxygen atoms in total. The van der Waals surface area contributed by atoms with Crippen LogP contribution in [0.25, 0.3) is 10.9 Å². The Bertz CT molecular complexity index is 808. The van der Waals surface area contributed by atoms with Gasteiger partial charge in [-0.05, 0) is 63.5 Å². The fourth-order valence-electron chi connectivity index (χ4n) is 4.85. The van der Waals surface area contributed by atoms with Crippen molar-refractivity contribution in [3.8, 4) is 0 Å². The SMILES string of the molecule is CC(C)n1ccc2c(NC3C4CCC(CC4)C3C(=O)O)nc(Cl)cc21. The second kappa shape index (κ2) is 6.20. The van der Waals surface area contributed by atoms with Crippen LogP contribution in [0.15, 0.2) is 18.3 Å². The summed E-state index contributed by atoms with van der Waals surface area (Å²) in [5.41, 5.74) is 1.03. The number of aromatic nitrogens is 2. The maximum Gasteiger partial charge on any atom is 0.308 e. The third-order valence-electron chi connectivity index (χ3n) is 6.05. The highest BCUT2D eigenvalue weighted by Gasteiger charge is 2.47. The minimum absolute atomic E-state index is 0.0680. The van der Waals surface area contributed by atoms with Crippen LogP contribution in [0.2, 0.25) is 5.15 Å². The normalized spacial score (nSPS) is 28.6. The largest absolute Gasteiger partial charge is 0.481 e. The predicted octanol–water partition coefficient (Wildman–Crippen LogP) is 4.57. The van der Waals surface area contributed by atoms with Crippen molar-refractivity contribution in [2.75, 3.05) is 5.32 Å². The molecule has 0 saturated heterocycles. The van der Waals surface area contributed by atoms with Gasteiger partial charge in [0.05, 0.1) is 11.4 Å². The lowest BCUT2D eigenvalue weighted by Crippen LogP contribution is -2.51. The molecule has 134 valence electrons. The van der Waals surface area contributed by atoms with Gasteiger partial charge < -0.3 is 15.0 Å². The quantitative estimate of drug-likeness (QED) is 0.782. The number of rotatable bonds is 4. The van der Waals surface area contributed by atoms with Crippen LogP contribution in [0.3, 0.4) is 0 Å². The number of halogens is 1. The molecule has 3 aliphatic rings. The lowest BCUT2D eigenvalue weighted by molar-refractivity contribution is -0.148. The van der Waals surface area contributed by atoms with E-state index in [1.165, 1.54) is 0 Å². The number of fused-ring (bicyclic) bond motifs is 4. The monoisotopic (exact) mass is 361 g/mol. The summed E-state index contributed by atoms with van der Waals surface area (Å²) in [6, 6.07) is 4.17. The molecule has 6 heteroatoms. The number of carboxylic acid groups (broad SMARTS) is 1. The zero-order valence-electron chi connectivity index (χ0n) is 14.6. The minimum atomic E-state index is -0.690. The first-order valence-electron chi connectivity index (χ1n) is 9.12. The van der Waals surface area contributed by atoms with Crippen molar-refractivity contribution >= 4 is 34.3 Å². The third-order valence-corrected chi connectivity index (χ3v) is 6.24. The van der Waals surface area contributed by atoms with Gasteiger partial charge in [-0.15, -0.1) is 0 Å². The predicted molar refractivity (Wildman–Crippen MR) is 99.1 cm³/mol. The van der Waals surface area contributed by atoms with E-state index < -0.39 is 5.97 Å². The molecule has 0 spiro atoms. The van der Waals surface area contributed by atoms with E-state index in [2.05, 4.69) is 28.7 Å². The minimum Gasteiger partial charge on any atom is -0.481 e. The highest BCUT2D eigenvalue weighted by molar-refractivity contribution is 6.30. The Kier molecular flexibility index (Phi) is 4.14. The van der Waals surface area contributed by atoms with Crippen molar-refractivity contribution in [3.63, 3.8) is 0 Å². The number of carboxylic acids is 1. The number of pyridine rings is 1. The van der Waals surface area contributed by atoms with Gasteiger partial charge >= 0.3 is 5.97 Å². The molecule has 0 aromatic carbocycles. The van der Waals surface area contributed by atoms with E-state index in [-0.39, 0.29) is 17.9 Å².